The van der Waals surface area contributed by atoms with Gasteiger partial charge in [-0.1, -0.05) is 18.2 Å². The number of nitrogens with one attached hydrogen (secondary N) is 1. The van der Waals surface area contributed by atoms with Crippen LogP contribution >= 0.6 is 0 Å². The fourth-order valence-corrected chi connectivity index (χ4v) is 1.98. The normalized spacial score (nSPS) is 17.3. The minimum Gasteiger partial charge on any atom is -0.488 e. The molecule has 0 fully saturated rings. The van der Waals surface area contributed by atoms with Crippen LogP contribution in [-0.2, 0) is 6.42 Å². The maximum Gasteiger partial charge on any atom is 0.129 e. The highest BCUT2D eigenvalue weighted by Gasteiger charge is 2.21. The summed E-state index contributed by atoms with van der Waals surface area (Å²) in [6.45, 7) is 0.756. The van der Waals surface area contributed by atoms with Crippen molar-refractivity contribution in [3.63, 3.8) is 0 Å². The Bertz CT molecular complexity index is 476. The van der Waals surface area contributed by atoms with Gasteiger partial charge in [-0.2, -0.15) is 0 Å². The van der Waals surface area contributed by atoms with Crippen LogP contribution < -0.4 is 10.1 Å². The predicted octanol–water partition coefficient (Wildman–Crippen LogP) is 1.89. The molecule has 2 heterocycles. The lowest BCUT2D eigenvalue weighted by Gasteiger charge is -2.11. The average molecular weight is 227 g/mol. The van der Waals surface area contributed by atoms with Crippen LogP contribution in [0.5, 0.6) is 5.75 Å². The van der Waals surface area contributed by atoms with Crippen LogP contribution in [0.15, 0.2) is 42.9 Å². The summed E-state index contributed by atoms with van der Waals surface area (Å²) in [7, 11) is 0. The second kappa shape index (κ2) is 4.41. The summed E-state index contributed by atoms with van der Waals surface area (Å²) in [5.41, 5.74) is 1.28. The molecule has 4 heteroatoms. The number of ether oxygens (including phenoxy) is 1. The standard InChI is InChI=1S/C13H13N3O/c1-2-4-12-10(3-1)7-11(17-12)8-15-13-5-6-14-9-16-13/h1-6,9,11H,7-8H2,(H,14,15,16). The number of fused-ring (bicyclic) bond motifs is 1. The first-order valence-electron chi connectivity index (χ1n) is 5.66. The lowest BCUT2D eigenvalue weighted by atomic mass is 10.1. The third kappa shape index (κ3) is 2.20. The largest absolute Gasteiger partial charge is 0.488 e. The van der Waals surface area contributed by atoms with Crippen molar-refractivity contribution < 1.29 is 4.74 Å². The average Bonchev–Trinajstić information content (AvgIpc) is 2.80. The van der Waals surface area contributed by atoms with Crippen molar-refractivity contribution in [3.05, 3.63) is 48.4 Å². The van der Waals surface area contributed by atoms with Crippen molar-refractivity contribution in [3.8, 4) is 5.75 Å². The lowest BCUT2D eigenvalue weighted by Crippen LogP contribution is -2.24. The fraction of sp³-hybridized carbons (Fsp3) is 0.231. The van der Waals surface area contributed by atoms with Gasteiger partial charge in [0.05, 0.1) is 6.54 Å². The van der Waals surface area contributed by atoms with Gasteiger partial charge in [-0.3, -0.25) is 0 Å². The Morgan fingerprint density at radius 2 is 2.24 bits per heavy atom. The SMILES string of the molecule is c1ccc2c(c1)CC(CNc1ccncn1)O2. The summed E-state index contributed by atoms with van der Waals surface area (Å²) < 4.78 is 5.82. The third-order valence-electron chi connectivity index (χ3n) is 2.81. The number of para-hydroxylation sites is 1. The number of hydrogen-bond acceptors (Lipinski definition) is 4. The molecule has 4 nitrogen and oxygen atoms in total. The minimum atomic E-state index is 0.183. The number of anilines is 1. The Balaban J connectivity index is 1.59. The van der Waals surface area contributed by atoms with E-state index in [1.54, 1.807) is 6.20 Å². The molecule has 1 atom stereocenters. The second-order valence-electron chi connectivity index (χ2n) is 4.03. The molecule has 86 valence electrons. The van der Waals surface area contributed by atoms with Crippen LogP contribution in [0, 0.1) is 0 Å². The first-order chi connectivity index (χ1) is 8.42. The molecular formula is C13H13N3O. The topological polar surface area (TPSA) is 47.0 Å². The van der Waals surface area contributed by atoms with Crippen molar-refractivity contribution in [2.45, 2.75) is 12.5 Å². The maximum atomic E-state index is 5.82. The van der Waals surface area contributed by atoms with Crippen LogP contribution in [0.4, 0.5) is 5.82 Å². The number of nitrogens with zero attached hydrogens (tertiary/aromatic N) is 2. The van der Waals surface area contributed by atoms with Gasteiger partial charge in [0.2, 0.25) is 0 Å². The molecule has 1 aliphatic rings. The molecule has 0 saturated heterocycles. The van der Waals surface area contributed by atoms with E-state index in [2.05, 4.69) is 21.4 Å². The first kappa shape index (κ1) is 10.1. The number of benzene rings is 1. The van der Waals surface area contributed by atoms with Crippen molar-refractivity contribution in [2.75, 3.05) is 11.9 Å². The van der Waals surface area contributed by atoms with E-state index < -0.39 is 0 Å². The van der Waals surface area contributed by atoms with E-state index >= 15 is 0 Å². The van der Waals surface area contributed by atoms with E-state index in [1.165, 1.54) is 11.9 Å². The molecule has 0 aliphatic carbocycles. The van der Waals surface area contributed by atoms with E-state index in [0.29, 0.717) is 0 Å². The molecule has 0 saturated carbocycles. The van der Waals surface area contributed by atoms with Crippen molar-refractivity contribution in [1.29, 1.82) is 0 Å². The van der Waals surface area contributed by atoms with Crippen LogP contribution in [0.25, 0.3) is 0 Å². The Kier molecular flexibility index (Phi) is 2.62. The van der Waals surface area contributed by atoms with Crippen molar-refractivity contribution in [2.24, 2.45) is 0 Å². The van der Waals surface area contributed by atoms with Crippen LogP contribution in [-0.4, -0.2) is 22.6 Å². The summed E-state index contributed by atoms with van der Waals surface area (Å²) in [4.78, 5) is 7.99. The highest BCUT2D eigenvalue weighted by molar-refractivity contribution is 5.38. The Morgan fingerprint density at radius 1 is 1.29 bits per heavy atom. The van der Waals surface area contributed by atoms with E-state index in [9.17, 15) is 0 Å². The second-order valence-corrected chi connectivity index (χ2v) is 4.03. The number of hydrogen-bond donors (Lipinski definition) is 1. The Labute approximate surface area is 99.7 Å². The Morgan fingerprint density at radius 3 is 3.06 bits per heavy atom. The highest BCUT2D eigenvalue weighted by Crippen LogP contribution is 2.27. The molecule has 0 bridgehead atoms. The van der Waals surface area contributed by atoms with Gasteiger partial charge in [0.1, 0.15) is 24.0 Å². The van der Waals surface area contributed by atoms with E-state index in [-0.39, 0.29) is 6.10 Å². The molecule has 1 aromatic heterocycles. The zero-order chi connectivity index (χ0) is 11.5. The maximum absolute atomic E-state index is 5.82. The van der Waals surface area contributed by atoms with E-state index in [1.807, 2.05) is 24.3 Å². The number of rotatable bonds is 3. The molecule has 0 amide bonds. The molecule has 1 unspecified atom stereocenters. The minimum absolute atomic E-state index is 0.183. The van der Waals surface area contributed by atoms with Crippen LogP contribution in [0.3, 0.4) is 0 Å². The Hall–Kier alpha value is -2.10. The van der Waals surface area contributed by atoms with Gasteiger partial charge in [0, 0.05) is 12.6 Å². The first-order valence-corrected chi connectivity index (χ1v) is 5.66. The summed E-state index contributed by atoms with van der Waals surface area (Å²) in [6, 6.07) is 10.0. The molecule has 1 aliphatic heterocycles. The van der Waals surface area contributed by atoms with E-state index in [0.717, 1.165) is 24.5 Å². The summed E-state index contributed by atoms with van der Waals surface area (Å²) in [6.07, 6.45) is 4.39. The van der Waals surface area contributed by atoms with Crippen molar-refractivity contribution in [1.82, 2.24) is 9.97 Å². The number of aromatic nitrogens is 2. The quantitative estimate of drug-likeness (QED) is 0.869. The van der Waals surface area contributed by atoms with Crippen LogP contribution in [0.2, 0.25) is 0 Å². The van der Waals surface area contributed by atoms with Crippen LogP contribution in [0.1, 0.15) is 5.56 Å². The molecule has 2 aromatic rings. The fourth-order valence-electron chi connectivity index (χ4n) is 1.98. The summed E-state index contributed by atoms with van der Waals surface area (Å²) in [5, 5.41) is 3.25. The molecular weight excluding hydrogens is 214 g/mol. The molecule has 0 radical (unpaired) electrons. The predicted molar refractivity (Wildman–Crippen MR) is 65.1 cm³/mol. The molecule has 0 spiro atoms. The van der Waals surface area contributed by atoms with Gasteiger partial charge in [-0.15, -0.1) is 0 Å². The summed E-state index contributed by atoms with van der Waals surface area (Å²) in [5.74, 6) is 1.83. The van der Waals surface area contributed by atoms with Crippen molar-refractivity contribution >= 4 is 5.82 Å². The molecule has 1 N–H and O–H groups in total. The van der Waals surface area contributed by atoms with E-state index in [4.69, 9.17) is 4.74 Å². The van der Waals surface area contributed by atoms with Gasteiger partial charge >= 0.3 is 0 Å². The third-order valence-corrected chi connectivity index (χ3v) is 2.81. The van der Waals surface area contributed by atoms with Gasteiger partial charge in [-0.25, -0.2) is 9.97 Å². The molecule has 17 heavy (non-hydrogen) atoms. The van der Waals surface area contributed by atoms with Gasteiger partial charge in [-0.05, 0) is 17.7 Å². The zero-order valence-electron chi connectivity index (χ0n) is 9.34. The lowest BCUT2D eigenvalue weighted by molar-refractivity contribution is 0.246. The molecule has 1 aromatic carbocycles. The smallest absolute Gasteiger partial charge is 0.129 e. The van der Waals surface area contributed by atoms with Gasteiger partial charge < -0.3 is 10.1 Å². The monoisotopic (exact) mass is 227 g/mol. The van der Waals surface area contributed by atoms with Gasteiger partial charge in [0.25, 0.3) is 0 Å². The van der Waals surface area contributed by atoms with Gasteiger partial charge in [0.15, 0.2) is 0 Å². The zero-order valence-corrected chi connectivity index (χ0v) is 9.34. The highest BCUT2D eigenvalue weighted by atomic mass is 16.5. The summed E-state index contributed by atoms with van der Waals surface area (Å²) >= 11 is 0. The molecule has 3 rings (SSSR count).